The van der Waals surface area contributed by atoms with Crippen molar-refractivity contribution in [3.05, 3.63) is 70.4 Å². The van der Waals surface area contributed by atoms with Crippen molar-refractivity contribution in [3.8, 4) is 17.1 Å². The summed E-state index contributed by atoms with van der Waals surface area (Å²) in [5.41, 5.74) is -0.659. The van der Waals surface area contributed by atoms with Gasteiger partial charge in [0.15, 0.2) is 0 Å². The molecular formula is C17H11F5N4O2. The van der Waals surface area contributed by atoms with Crippen LogP contribution in [0.25, 0.3) is 11.3 Å². The fourth-order valence-electron chi connectivity index (χ4n) is 2.31. The fourth-order valence-corrected chi connectivity index (χ4v) is 2.31. The van der Waals surface area contributed by atoms with Gasteiger partial charge in [0.25, 0.3) is 5.56 Å². The number of ether oxygens (including phenoxy) is 1. The molecule has 0 amide bonds. The van der Waals surface area contributed by atoms with Crippen molar-refractivity contribution in [2.45, 2.75) is 19.3 Å². The predicted octanol–water partition coefficient (Wildman–Crippen LogP) is 3.37. The third kappa shape index (κ3) is 4.67. The van der Waals surface area contributed by atoms with Gasteiger partial charge in [0.05, 0.1) is 17.8 Å². The van der Waals surface area contributed by atoms with Crippen LogP contribution in [-0.4, -0.2) is 26.4 Å². The van der Waals surface area contributed by atoms with Crippen molar-refractivity contribution in [2.24, 2.45) is 0 Å². The Hall–Kier alpha value is -3.37. The van der Waals surface area contributed by atoms with E-state index in [2.05, 4.69) is 19.8 Å². The Kier molecular flexibility index (Phi) is 5.34. The standard InChI is InChI=1S/C17H11F5N4O2/c18-16(19)28-14-3-1-11(7-24-14)13-2-4-15(27)26(25-13)9-10-5-12(8-23-6-10)17(20,21)22/h1-8,16H,9H2. The zero-order valence-corrected chi connectivity index (χ0v) is 13.9. The summed E-state index contributed by atoms with van der Waals surface area (Å²) in [4.78, 5) is 19.3. The number of rotatable bonds is 5. The maximum atomic E-state index is 12.8. The van der Waals surface area contributed by atoms with Crippen molar-refractivity contribution in [2.75, 3.05) is 0 Å². The molecule has 0 atom stereocenters. The first-order valence-corrected chi connectivity index (χ1v) is 7.73. The minimum atomic E-state index is -4.56. The van der Waals surface area contributed by atoms with E-state index in [1.54, 1.807) is 0 Å². The highest BCUT2D eigenvalue weighted by Gasteiger charge is 2.31. The predicted molar refractivity (Wildman–Crippen MR) is 86.7 cm³/mol. The minimum absolute atomic E-state index is 0.139. The average Bonchev–Trinajstić information content (AvgIpc) is 2.63. The number of nitrogens with zero attached hydrogens (tertiary/aromatic N) is 4. The molecule has 3 rings (SSSR count). The van der Waals surface area contributed by atoms with Gasteiger partial charge in [0.1, 0.15) is 0 Å². The Balaban J connectivity index is 1.87. The third-order valence-corrected chi connectivity index (χ3v) is 3.56. The Morgan fingerprint density at radius 2 is 1.86 bits per heavy atom. The molecule has 0 aliphatic heterocycles. The summed E-state index contributed by atoms with van der Waals surface area (Å²) in [5.74, 6) is -0.290. The van der Waals surface area contributed by atoms with Gasteiger partial charge in [-0.05, 0) is 23.8 Å². The molecule has 11 heteroatoms. The molecule has 0 spiro atoms. The maximum Gasteiger partial charge on any atom is 0.417 e. The lowest BCUT2D eigenvalue weighted by atomic mass is 10.2. The van der Waals surface area contributed by atoms with E-state index in [9.17, 15) is 26.7 Å². The number of pyridine rings is 2. The number of hydrogen-bond acceptors (Lipinski definition) is 5. The SMILES string of the molecule is O=c1ccc(-c2ccc(OC(F)F)nc2)nn1Cc1cncc(C(F)(F)F)c1. The molecule has 0 aliphatic carbocycles. The molecule has 0 saturated heterocycles. The van der Waals surface area contributed by atoms with Crippen LogP contribution in [0, 0.1) is 0 Å². The first-order chi connectivity index (χ1) is 13.2. The molecule has 0 aromatic carbocycles. The van der Waals surface area contributed by atoms with Crippen molar-refractivity contribution in [1.82, 2.24) is 19.7 Å². The van der Waals surface area contributed by atoms with E-state index in [-0.39, 0.29) is 23.7 Å². The van der Waals surface area contributed by atoms with Gasteiger partial charge in [-0.2, -0.15) is 27.1 Å². The van der Waals surface area contributed by atoms with Crippen molar-refractivity contribution in [1.29, 1.82) is 0 Å². The molecule has 3 aromatic rings. The molecular weight excluding hydrogens is 387 g/mol. The fraction of sp³-hybridized carbons (Fsp3) is 0.176. The highest BCUT2D eigenvalue weighted by atomic mass is 19.4. The number of aromatic nitrogens is 4. The molecule has 3 aromatic heterocycles. The first kappa shape index (κ1) is 19.4. The Labute approximate surface area is 154 Å². The molecule has 0 N–H and O–H groups in total. The molecule has 146 valence electrons. The van der Waals surface area contributed by atoms with E-state index in [0.717, 1.165) is 10.7 Å². The highest BCUT2D eigenvalue weighted by Crippen LogP contribution is 2.29. The first-order valence-electron chi connectivity index (χ1n) is 7.73. The third-order valence-electron chi connectivity index (χ3n) is 3.56. The van der Waals surface area contributed by atoms with Crippen LogP contribution in [0.1, 0.15) is 11.1 Å². The molecule has 0 unspecified atom stereocenters. The Morgan fingerprint density at radius 1 is 1.07 bits per heavy atom. The average molecular weight is 398 g/mol. The van der Waals surface area contributed by atoms with Crippen LogP contribution in [0.15, 0.2) is 53.7 Å². The second-order valence-electron chi connectivity index (χ2n) is 5.56. The van der Waals surface area contributed by atoms with E-state index >= 15 is 0 Å². The quantitative estimate of drug-likeness (QED) is 0.617. The molecule has 0 bridgehead atoms. The minimum Gasteiger partial charge on any atom is -0.417 e. The summed E-state index contributed by atoms with van der Waals surface area (Å²) in [6.07, 6.45) is -1.45. The molecule has 0 saturated carbocycles. The van der Waals surface area contributed by atoms with Crippen LogP contribution in [0.4, 0.5) is 22.0 Å². The molecule has 0 aliphatic rings. The summed E-state index contributed by atoms with van der Waals surface area (Å²) < 4.78 is 67.8. The molecule has 28 heavy (non-hydrogen) atoms. The lowest BCUT2D eigenvalue weighted by Crippen LogP contribution is -2.23. The Morgan fingerprint density at radius 3 is 2.50 bits per heavy atom. The summed E-state index contributed by atoms with van der Waals surface area (Å²) in [6.45, 7) is -3.25. The zero-order chi connectivity index (χ0) is 20.3. The van der Waals surface area contributed by atoms with E-state index in [0.29, 0.717) is 11.8 Å². The van der Waals surface area contributed by atoms with E-state index < -0.39 is 23.9 Å². The van der Waals surface area contributed by atoms with Gasteiger partial charge in [0.2, 0.25) is 5.88 Å². The molecule has 3 heterocycles. The lowest BCUT2D eigenvalue weighted by molar-refractivity contribution is -0.137. The van der Waals surface area contributed by atoms with Gasteiger partial charge < -0.3 is 4.74 Å². The van der Waals surface area contributed by atoms with Crippen LogP contribution < -0.4 is 10.3 Å². The van der Waals surface area contributed by atoms with Crippen molar-refractivity contribution >= 4 is 0 Å². The van der Waals surface area contributed by atoms with Crippen LogP contribution in [0.3, 0.4) is 0 Å². The molecule has 0 fully saturated rings. The number of halogens is 5. The Bertz CT molecular complexity index is 1020. The van der Waals surface area contributed by atoms with Crippen LogP contribution in [-0.2, 0) is 12.7 Å². The summed E-state index contributed by atoms with van der Waals surface area (Å²) in [7, 11) is 0. The summed E-state index contributed by atoms with van der Waals surface area (Å²) in [5, 5.41) is 4.09. The smallest absolute Gasteiger partial charge is 0.417 e. The maximum absolute atomic E-state index is 12.8. The second kappa shape index (κ2) is 7.71. The largest absolute Gasteiger partial charge is 0.417 e. The van der Waals surface area contributed by atoms with Crippen molar-refractivity contribution < 1.29 is 26.7 Å². The molecule has 0 radical (unpaired) electrons. The van der Waals surface area contributed by atoms with Crippen LogP contribution in [0.2, 0.25) is 0 Å². The van der Waals surface area contributed by atoms with Gasteiger partial charge in [-0.1, -0.05) is 0 Å². The normalized spacial score (nSPS) is 11.6. The number of alkyl halides is 5. The summed E-state index contributed by atoms with van der Waals surface area (Å²) >= 11 is 0. The van der Waals surface area contributed by atoms with Gasteiger partial charge in [0, 0.05) is 36.3 Å². The van der Waals surface area contributed by atoms with Gasteiger partial charge >= 0.3 is 12.8 Å². The van der Waals surface area contributed by atoms with Gasteiger partial charge in [-0.25, -0.2) is 9.67 Å². The van der Waals surface area contributed by atoms with Crippen LogP contribution in [0.5, 0.6) is 5.88 Å². The topological polar surface area (TPSA) is 69.9 Å². The zero-order valence-electron chi connectivity index (χ0n) is 13.9. The van der Waals surface area contributed by atoms with E-state index in [1.807, 2.05) is 0 Å². The van der Waals surface area contributed by atoms with E-state index in [4.69, 9.17) is 0 Å². The number of hydrogen-bond donors (Lipinski definition) is 0. The van der Waals surface area contributed by atoms with Gasteiger partial charge in [-0.3, -0.25) is 9.78 Å². The van der Waals surface area contributed by atoms with Gasteiger partial charge in [-0.15, -0.1) is 0 Å². The second-order valence-corrected chi connectivity index (χ2v) is 5.56. The molecule has 6 nitrogen and oxygen atoms in total. The highest BCUT2D eigenvalue weighted by molar-refractivity contribution is 5.57. The van der Waals surface area contributed by atoms with E-state index in [1.165, 1.54) is 36.7 Å². The summed E-state index contributed by atoms with van der Waals surface area (Å²) in [6, 6.07) is 6.07. The van der Waals surface area contributed by atoms with Crippen molar-refractivity contribution in [3.63, 3.8) is 0 Å². The van der Waals surface area contributed by atoms with Crippen LogP contribution >= 0.6 is 0 Å². The lowest BCUT2D eigenvalue weighted by Gasteiger charge is -2.10. The monoisotopic (exact) mass is 398 g/mol.